The van der Waals surface area contributed by atoms with Crippen LogP contribution in [-0.4, -0.2) is 22.8 Å². The number of amides is 2. The Morgan fingerprint density at radius 1 is 1.00 bits per heavy atom. The molecule has 1 atom stereocenters. The minimum atomic E-state index is -1.06. The van der Waals surface area contributed by atoms with Crippen molar-refractivity contribution in [2.24, 2.45) is 0 Å². The maximum atomic E-state index is 13.5. The summed E-state index contributed by atoms with van der Waals surface area (Å²) in [6.45, 7) is 0.242. The molecule has 4 rings (SSSR count). The van der Waals surface area contributed by atoms with Gasteiger partial charge in [-0.1, -0.05) is 24.3 Å². The number of hydrogen-bond acceptors (Lipinski definition) is 3. The monoisotopic (exact) mass is 382 g/mol. The molecule has 1 N–H and O–H groups in total. The predicted octanol–water partition coefficient (Wildman–Crippen LogP) is 3.76. The van der Waals surface area contributed by atoms with E-state index in [0.29, 0.717) is 6.42 Å². The molecule has 2 heterocycles. The lowest BCUT2D eigenvalue weighted by Gasteiger charge is -2.35. The number of rotatable bonds is 3. The van der Waals surface area contributed by atoms with E-state index in [0.717, 1.165) is 23.3 Å². The molecule has 2 aromatic carbocycles. The molecule has 1 aliphatic rings. The summed E-state index contributed by atoms with van der Waals surface area (Å²) in [6, 6.07) is 13.0. The highest BCUT2D eigenvalue weighted by atomic mass is 19.2. The van der Waals surface area contributed by atoms with Gasteiger partial charge in [0.1, 0.15) is 6.04 Å². The van der Waals surface area contributed by atoms with E-state index in [2.05, 4.69) is 5.32 Å². The van der Waals surface area contributed by atoms with Gasteiger partial charge in [0, 0.05) is 24.7 Å². The molecule has 5 nitrogen and oxygen atoms in total. The number of furan rings is 1. The highest BCUT2D eigenvalue weighted by molar-refractivity contribution is 6.00. The van der Waals surface area contributed by atoms with E-state index >= 15 is 0 Å². The summed E-state index contributed by atoms with van der Waals surface area (Å²) in [5.41, 5.74) is 2.02. The van der Waals surface area contributed by atoms with Crippen molar-refractivity contribution in [2.75, 3.05) is 5.32 Å². The third-order valence-corrected chi connectivity index (χ3v) is 4.73. The zero-order valence-corrected chi connectivity index (χ0v) is 14.7. The van der Waals surface area contributed by atoms with Gasteiger partial charge < -0.3 is 14.6 Å². The van der Waals surface area contributed by atoms with Crippen LogP contribution in [0.5, 0.6) is 0 Å². The Bertz CT molecular complexity index is 1030. The van der Waals surface area contributed by atoms with Crippen molar-refractivity contribution in [1.82, 2.24) is 4.90 Å². The van der Waals surface area contributed by atoms with Crippen molar-refractivity contribution in [3.8, 4) is 0 Å². The topological polar surface area (TPSA) is 62.6 Å². The number of anilines is 1. The Hall–Kier alpha value is -3.48. The van der Waals surface area contributed by atoms with Crippen LogP contribution in [0.2, 0.25) is 0 Å². The van der Waals surface area contributed by atoms with Gasteiger partial charge in [0.15, 0.2) is 17.4 Å². The van der Waals surface area contributed by atoms with Gasteiger partial charge in [0.05, 0.1) is 6.26 Å². The molecule has 1 aliphatic heterocycles. The molecule has 0 radical (unpaired) electrons. The van der Waals surface area contributed by atoms with Crippen LogP contribution >= 0.6 is 0 Å². The van der Waals surface area contributed by atoms with E-state index < -0.39 is 29.5 Å². The molecule has 2 amide bonds. The largest absolute Gasteiger partial charge is 0.459 e. The second-order valence-corrected chi connectivity index (χ2v) is 6.52. The highest BCUT2D eigenvalue weighted by Gasteiger charge is 2.36. The molecule has 0 aliphatic carbocycles. The quantitative estimate of drug-likeness (QED) is 0.750. The normalized spacial score (nSPS) is 15.8. The van der Waals surface area contributed by atoms with Gasteiger partial charge in [-0.2, -0.15) is 0 Å². The van der Waals surface area contributed by atoms with E-state index in [-0.39, 0.29) is 18.0 Å². The van der Waals surface area contributed by atoms with Gasteiger partial charge in [0.2, 0.25) is 5.91 Å². The number of benzene rings is 2. The molecule has 0 bridgehead atoms. The van der Waals surface area contributed by atoms with Gasteiger partial charge in [0.25, 0.3) is 5.91 Å². The van der Waals surface area contributed by atoms with Gasteiger partial charge in [-0.25, -0.2) is 8.78 Å². The maximum absolute atomic E-state index is 13.5. The molecule has 0 saturated heterocycles. The fraction of sp³-hybridized carbons (Fsp3) is 0.143. The second kappa shape index (κ2) is 7.26. The molecule has 7 heteroatoms. The SMILES string of the molecule is O=C(Nc1ccc(F)c(F)c1)[C@H]1Cc2ccccc2CN1C(=O)c1ccco1. The van der Waals surface area contributed by atoms with Crippen LogP contribution in [0.15, 0.2) is 65.3 Å². The number of carbonyl (C=O) groups is 2. The Balaban J connectivity index is 1.64. The summed E-state index contributed by atoms with van der Waals surface area (Å²) in [5.74, 6) is -2.83. The van der Waals surface area contributed by atoms with Crippen LogP contribution in [0.1, 0.15) is 21.7 Å². The Morgan fingerprint density at radius 3 is 2.50 bits per heavy atom. The van der Waals surface area contributed by atoms with E-state index in [4.69, 9.17) is 4.42 Å². The molecular formula is C21H16F2N2O3. The van der Waals surface area contributed by atoms with Gasteiger partial charge >= 0.3 is 0 Å². The number of hydrogen-bond donors (Lipinski definition) is 1. The first-order valence-electron chi connectivity index (χ1n) is 8.70. The zero-order chi connectivity index (χ0) is 19.7. The Morgan fingerprint density at radius 2 is 1.79 bits per heavy atom. The summed E-state index contributed by atoms with van der Waals surface area (Å²) in [5, 5.41) is 2.57. The minimum Gasteiger partial charge on any atom is -0.459 e. The second-order valence-electron chi connectivity index (χ2n) is 6.52. The molecule has 1 aromatic heterocycles. The maximum Gasteiger partial charge on any atom is 0.290 e. The third-order valence-electron chi connectivity index (χ3n) is 4.73. The summed E-state index contributed by atoms with van der Waals surface area (Å²) in [6.07, 6.45) is 1.69. The molecular weight excluding hydrogens is 366 g/mol. The van der Waals surface area contributed by atoms with E-state index in [9.17, 15) is 18.4 Å². The lowest BCUT2D eigenvalue weighted by molar-refractivity contribution is -0.121. The first-order valence-corrected chi connectivity index (χ1v) is 8.70. The molecule has 0 saturated carbocycles. The fourth-order valence-electron chi connectivity index (χ4n) is 3.31. The summed E-state index contributed by atoms with van der Waals surface area (Å²) in [7, 11) is 0. The average molecular weight is 382 g/mol. The average Bonchev–Trinajstić information content (AvgIpc) is 3.24. The molecule has 0 unspecified atom stereocenters. The van der Waals surface area contributed by atoms with Crippen LogP contribution in [0, 0.1) is 11.6 Å². The summed E-state index contributed by atoms with van der Waals surface area (Å²) < 4.78 is 31.8. The van der Waals surface area contributed by atoms with Gasteiger partial charge in [-0.05, 0) is 35.4 Å². The van der Waals surface area contributed by atoms with Gasteiger partial charge in [-0.15, -0.1) is 0 Å². The molecule has 28 heavy (non-hydrogen) atoms. The minimum absolute atomic E-state index is 0.119. The van der Waals surface area contributed by atoms with Crippen molar-refractivity contribution >= 4 is 17.5 Å². The number of carbonyl (C=O) groups excluding carboxylic acids is 2. The standard InChI is InChI=1S/C21H16F2N2O3/c22-16-8-7-15(11-17(16)23)24-20(26)18-10-13-4-1-2-5-14(13)12-25(18)21(27)19-6-3-9-28-19/h1-9,11,18H,10,12H2,(H,24,26)/t18-/m1/s1. The fourth-order valence-corrected chi connectivity index (χ4v) is 3.31. The molecule has 3 aromatic rings. The Kier molecular flexibility index (Phi) is 4.65. The van der Waals surface area contributed by atoms with Crippen LogP contribution < -0.4 is 5.32 Å². The van der Waals surface area contributed by atoms with E-state index in [1.165, 1.54) is 23.3 Å². The number of nitrogens with zero attached hydrogens (tertiary/aromatic N) is 1. The summed E-state index contributed by atoms with van der Waals surface area (Å²) in [4.78, 5) is 27.2. The smallest absolute Gasteiger partial charge is 0.290 e. The van der Waals surface area contributed by atoms with Crippen LogP contribution in [0.3, 0.4) is 0 Å². The Labute approximate surface area is 159 Å². The predicted molar refractivity (Wildman–Crippen MR) is 97.5 cm³/mol. The van der Waals surface area contributed by atoms with E-state index in [1.807, 2.05) is 24.3 Å². The van der Waals surface area contributed by atoms with Crippen molar-refractivity contribution in [3.63, 3.8) is 0 Å². The molecule has 0 spiro atoms. The van der Waals surface area contributed by atoms with Crippen LogP contribution in [-0.2, 0) is 17.8 Å². The van der Waals surface area contributed by atoms with Gasteiger partial charge in [-0.3, -0.25) is 9.59 Å². The highest BCUT2D eigenvalue weighted by Crippen LogP contribution is 2.26. The number of fused-ring (bicyclic) bond motifs is 1. The first kappa shape index (κ1) is 17.9. The van der Waals surface area contributed by atoms with Crippen molar-refractivity contribution < 1.29 is 22.8 Å². The number of halogens is 2. The van der Waals surface area contributed by atoms with E-state index in [1.54, 1.807) is 6.07 Å². The summed E-state index contributed by atoms with van der Waals surface area (Å²) >= 11 is 0. The zero-order valence-electron chi connectivity index (χ0n) is 14.7. The van der Waals surface area contributed by atoms with Crippen molar-refractivity contribution in [2.45, 2.75) is 19.0 Å². The van der Waals surface area contributed by atoms with Crippen molar-refractivity contribution in [3.05, 3.63) is 89.4 Å². The molecule has 0 fully saturated rings. The van der Waals surface area contributed by atoms with Crippen LogP contribution in [0.25, 0.3) is 0 Å². The lowest BCUT2D eigenvalue weighted by Crippen LogP contribution is -2.50. The third kappa shape index (κ3) is 3.38. The first-order chi connectivity index (χ1) is 13.5. The lowest BCUT2D eigenvalue weighted by atomic mass is 9.93. The molecule has 142 valence electrons. The van der Waals surface area contributed by atoms with Crippen LogP contribution in [0.4, 0.5) is 14.5 Å². The number of nitrogens with one attached hydrogen (secondary N) is 1. The van der Waals surface area contributed by atoms with Crippen molar-refractivity contribution in [1.29, 1.82) is 0 Å².